The molecule has 132 valence electrons. The van der Waals surface area contributed by atoms with Crippen LogP contribution in [0, 0.1) is 0 Å². The van der Waals surface area contributed by atoms with E-state index in [2.05, 4.69) is 15.9 Å². The van der Waals surface area contributed by atoms with Crippen LogP contribution in [0.4, 0.5) is 13.2 Å². The van der Waals surface area contributed by atoms with E-state index in [4.69, 9.17) is 8.60 Å². The molecule has 0 aliphatic heterocycles. The van der Waals surface area contributed by atoms with E-state index >= 15 is 0 Å². The highest BCUT2D eigenvalue weighted by Gasteiger charge is 2.34. The average Bonchev–Trinajstić information content (AvgIpc) is 2.92. The van der Waals surface area contributed by atoms with Gasteiger partial charge in [-0.1, -0.05) is 0 Å². The van der Waals surface area contributed by atoms with Gasteiger partial charge in [-0.3, -0.25) is 0 Å². The molecule has 0 saturated heterocycles. The van der Waals surface area contributed by atoms with Gasteiger partial charge in [0.15, 0.2) is 4.21 Å². The molecule has 0 radical (unpaired) electrons. The van der Waals surface area contributed by atoms with E-state index in [-0.39, 0.29) is 15.3 Å². The van der Waals surface area contributed by atoms with E-state index in [1.165, 1.54) is 12.1 Å². The molecule has 11 heteroatoms. The SMILES string of the molecule is O=c1cc(C(F)(F)F)c2ccc(OS(=O)(=O)c3ccc(Br)s3)cc2o1. The van der Waals surface area contributed by atoms with Crippen molar-refractivity contribution in [3.63, 3.8) is 0 Å². The van der Waals surface area contributed by atoms with Crippen molar-refractivity contribution in [1.29, 1.82) is 0 Å². The van der Waals surface area contributed by atoms with Crippen molar-refractivity contribution in [1.82, 2.24) is 0 Å². The zero-order valence-corrected chi connectivity index (χ0v) is 15.1. The molecule has 0 unspecified atom stereocenters. The van der Waals surface area contributed by atoms with Crippen LogP contribution < -0.4 is 9.81 Å². The van der Waals surface area contributed by atoms with E-state index in [1.54, 1.807) is 0 Å². The summed E-state index contributed by atoms with van der Waals surface area (Å²) in [5, 5.41) is -0.379. The van der Waals surface area contributed by atoms with Gasteiger partial charge in [0.2, 0.25) is 0 Å². The molecule has 0 aliphatic carbocycles. The van der Waals surface area contributed by atoms with Gasteiger partial charge >= 0.3 is 21.9 Å². The molecule has 5 nitrogen and oxygen atoms in total. The van der Waals surface area contributed by atoms with Crippen LogP contribution in [-0.2, 0) is 16.3 Å². The van der Waals surface area contributed by atoms with E-state index < -0.39 is 33.1 Å². The molecule has 0 atom stereocenters. The van der Waals surface area contributed by atoms with Crippen molar-refractivity contribution in [2.75, 3.05) is 0 Å². The number of fused-ring (bicyclic) bond motifs is 1. The molecule has 1 aromatic carbocycles. The molecule has 2 aromatic heterocycles. The van der Waals surface area contributed by atoms with Crippen LogP contribution >= 0.6 is 27.3 Å². The van der Waals surface area contributed by atoms with E-state index in [0.717, 1.165) is 29.5 Å². The minimum Gasteiger partial charge on any atom is -0.423 e. The lowest BCUT2D eigenvalue weighted by molar-refractivity contribution is -0.136. The van der Waals surface area contributed by atoms with Crippen LogP contribution in [0.2, 0.25) is 0 Å². The smallest absolute Gasteiger partial charge is 0.417 e. The van der Waals surface area contributed by atoms with E-state index in [0.29, 0.717) is 9.85 Å². The lowest BCUT2D eigenvalue weighted by atomic mass is 10.1. The van der Waals surface area contributed by atoms with Crippen LogP contribution in [0.25, 0.3) is 11.0 Å². The summed E-state index contributed by atoms with van der Waals surface area (Å²) in [4.78, 5) is 11.3. The van der Waals surface area contributed by atoms with Gasteiger partial charge in [0.25, 0.3) is 0 Å². The van der Waals surface area contributed by atoms with Gasteiger partial charge in [0.1, 0.15) is 11.3 Å². The maximum Gasteiger partial charge on any atom is 0.417 e. The summed E-state index contributed by atoms with van der Waals surface area (Å²) in [6.07, 6.45) is -4.76. The van der Waals surface area contributed by atoms with Crippen molar-refractivity contribution in [2.24, 2.45) is 0 Å². The van der Waals surface area contributed by atoms with Gasteiger partial charge in [-0.05, 0) is 40.2 Å². The predicted octanol–water partition coefficient (Wildman–Crippen LogP) is 4.40. The Morgan fingerprint density at radius 3 is 2.44 bits per heavy atom. The maximum atomic E-state index is 13.0. The topological polar surface area (TPSA) is 73.6 Å². The highest BCUT2D eigenvalue weighted by molar-refractivity contribution is 9.11. The van der Waals surface area contributed by atoms with E-state index in [1.807, 2.05) is 0 Å². The minimum atomic E-state index is -4.76. The second-order valence-electron chi connectivity index (χ2n) is 4.73. The summed E-state index contributed by atoms with van der Waals surface area (Å²) in [6.45, 7) is 0. The predicted molar refractivity (Wildman–Crippen MR) is 87.3 cm³/mol. The Kier molecular flexibility index (Phi) is 4.41. The number of hydrogen-bond acceptors (Lipinski definition) is 6. The number of hydrogen-bond donors (Lipinski definition) is 0. The van der Waals surface area contributed by atoms with Crippen molar-refractivity contribution >= 4 is 48.4 Å². The van der Waals surface area contributed by atoms with Crippen LogP contribution in [0.5, 0.6) is 5.75 Å². The summed E-state index contributed by atoms with van der Waals surface area (Å²) in [5.41, 5.74) is -2.81. The van der Waals surface area contributed by atoms with Crippen molar-refractivity contribution < 1.29 is 30.2 Å². The molecule has 2 heterocycles. The molecule has 0 N–H and O–H groups in total. The number of thiophene rings is 1. The molecule has 0 saturated carbocycles. The van der Waals surface area contributed by atoms with Gasteiger partial charge in [0.05, 0.1) is 9.35 Å². The zero-order valence-electron chi connectivity index (χ0n) is 11.8. The number of halogens is 4. The molecule has 3 rings (SSSR count). The minimum absolute atomic E-state index is 0.0926. The largest absolute Gasteiger partial charge is 0.423 e. The van der Waals surface area contributed by atoms with Gasteiger partial charge < -0.3 is 8.60 Å². The average molecular weight is 455 g/mol. The first-order valence-electron chi connectivity index (χ1n) is 6.41. The normalized spacial score (nSPS) is 12.5. The van der Waals surface area contributed by atoms with Gasteiger partial charge in [-0.15, -0.1) is 11.3 Å². The van der Waals surface area contributed by atoms with Crippen molar-refractivity contribution in [3.05, 3.63) is 56.2 Å². The molecule has 3 aromatic rings. The first-order valence-corrected chi connectivity index (χ1v) is 9.43. The number of rotatable bonds is 3. The third kappa shape index (κ3) is 3.72. The third-order valence-electron chi connectivity index (χ3n) is 3.02. The Labute approximate surface area is 150 Å². The highest BCUT2D eigenvalue weighted by Crippen LogP contribution is 2.35. The van der Waals surface area contributed by atoms with E-state index in [9.17, 15) is 26.4 Å². The summed E-state index contributed by atoms with van der Waals surface area (Å²) >= 11 is 4.03. The summed E-state index contributed by atoms with van der Waals surface area (Å²) < 4.78 is 73.3. The molecule has 0 bridgehead atoms. The van der Waals surface area contributed by atoms with Crippen molar-refractivity contribution in [2.45, 2.75) is 10.4 Å². The molecular formula is C14H6BrF3O5S2. The molecule has 25 heavy (non-hydrogen) atoms. The Balaban J connectivity index is 2.07. The zero-order chi connectivity index (χ0) is 18.4. The molecule has 0 aliphatic rings. The van der Waals surface area contributed by atoms with Gasteiger partial charge in [-0.2, -0.15) is 21.6 Å². The lowest BCUT2D eigenvalue weighted by Gasteiger charge is -2.10. The fourth-order valence-corrected chi connectivity index (χ4v) is 4.92. The lowest BCUT2D eigenvalue weighted by Crippen LogP contribution is -2.11. The Morgan fingerprint density at radius 2 is 1.84 bits per heavy atom. The Bertz CT molecular complexity index is 1120. The summed E-state index contributed by atoms with van der Waals surface area (Å²) in [5.74, 6) is -0.278. The molecular weight excluding hydrogens is 449 g/mol. The van der Waals surface area contributed by atoms with Crippen molar-refractivity contribution in [3.8, 4) is 5.75 Å². The standard InChI is InChI=1S/C14H6BrF3O5S2/c15-11-3-4-13(24-11)25(20,21)23-7-1-2-8-9(14(16,17)18)6-12(19)22-10(8)5-7/h1-6H. The fourth-order valence-electron chi connectivity index (χ4n) is 2.03. The van der Waals surface area contributed by atoms with Crippen LogP contribution in [0.3, 0.4) is 0 Å². The molecule has 0 fully saturated rings. The summed E-state index contributed by atoms with van der Waals surface area (Å²) in [6, 6.07) is 6.12. The monoisotopic (exact) mass is 454 g/mol. The number of benzene rings is 1. The fraction of sp³-hybridized carbons (Fsp3) is 0.0714. The van der Waals surface area contributed by atoms with Crippen LogP contribution in [0.1, 0.15) is 5.56 Å². The molecule has 0 amide bonds. The first kappa shape index (κ1) is 18.0. The third-order valence-corrected chi connectivity index (χ3v) is 6.34. The second kappa shape index (κ2) is 6.15. The summed E-state index contributed by atoms with van der Waals surface area (Å²) in [7, 11) is -4.16. The van der Waals surface area contributed by atoms with Crippen LogP contribution in [0.15, 0.2) is 53.6 Å². The Hall–Kier alpha value is -1.85. The maximum absolute atomic E-state index is 13.0. The van der Waals surface area contributed by atoms with Gasteiger partial charge in [-0.25, -0.2) is 4.79 Å². The van der Waals surface area contributed by atoms with Gasteiger partial charge in [0, 0.05) is 17.5 Å². The van der Waals surface area contributed by atoms with Crippen LogP contribution in [-0.4, -0.2) is 8.42 Å². The number of alkyl halides is 3. The Morgan fingerprint density at radius 1 is 1.12 bits per heavy atom. The first-order chi connectivity index (χ1) is 11.6. The highest BCUT2D eigenvalue weighted by atomic mass is 79.9. The second-order valence-corrected chi connectivity index (χ2v) is 8.97. The molecule has 0 spiro atoms. The quantitative estimate of drug-likeness (QED) is 0.433.